The third-order valence-corrected chi connectivity index (χ3v) is 2.33. The van der Waals surface area contributed by atoms with Crippen LogP contribution in [-0.2, 0) is 9.53 Å². The molecule has 1 saturated heterocycles. The van der Waals surface area contributed by atoms with E-state index in [1.54, 1.807) is 0 Å². The maximum absolute atomic E-state index is 11.5. The normalized spacial score (nSPS) is 22.4. The quantitative estimate of drug-likeness (QED) is 0.706. The molecule has 82 valence electrons. The highest BCUT2D eigenvalue weighted by Gasteiger charge is 2.20. The first-order valence-corrected chi connectivity index (χ1v) is 5.24. The maximum atomic E-state index is 11.5. The summed E-state index contributed by atoms with van der Waals surface area (Å²) in [4.78, 5) is 13.6. The molecule has 14 heavy (non-hydrogen) atoms. The van der Waals surface area contributed by atoms with Gasteiger partial charge in [0, 0.05) is 19.7 Å². The van der Waals surface area contributed by atoms with E-state index in [-0.39, 0.29) is 12.0 Å². The summed E-state index contributed by atoms with van der Waals surface area (Å²) >= 11 is 0. The molecule has 1 aliphatic rings. The molecular formula is C10H20N2O2. The first-order chi connectivity index (χ1) is 6.70. The smallest absolute Gasteiger partial charge is 0.249 e. The molecule has 1 atom stereocenters. The summed E-state index contributed by atoms with van der Waals surface area (Å²) < 4.78 is 5.37. The van der Waals surface area contributed by atoms with Crippen molar-refractivity contribution in [2.45, 2.75) is 25.4 Å². The predicted octanol–water partition coefficient (Wildman–Crippen LogP) is 0.233. The van der Waals surface area contributed by atoms with Gasteiger partial charge in [-0.05, 0) is 33.4 Å². The number of hydrogen-bond acceptors (Lipinski definition) is 3. The van der Waals surface area contributed by atoms with Gasteiger partial charge >= 0.3 is 0 Å². The standard InChI is InChI=1S/C10H20N2O2/c1-12(2)7-6-11-10(13)9-5-3-4-8-14-9/h9H,3-8H2,1-2H3,(H,11,13). The van der Waals surface area contributed by atoms with Gasteiger partial charge < -0.3 is 15.0 Å². The van der Waals surface area contributed by atoms with Crippen molar-refractivity contribution >= 4 is 5.91 Å². The van der Waals surface area contributed by atoms with Crippen LogP contribution >= 0.6 is 0 Å². The zero-order chi connectivity index (χ0) is 10.4. The zero-order valence-corrected chi connectivity index (χ0v) is 9.08. The highest BCUT2D eigenvalue weighted by Crippen LogP contribution is 2.12. The molecule has 0 aromatic heterocycles. The molecule has 1 heterocycles. The predicted molar refractivity (Wildman–Crippen MR) is 55.2 cm³/mol. The number of nitrogens with one attached hydrogen (secondary N) is 1. The van der Waals surface area contributed by atoms with Crippen LogP contribution in [0.5, 0.6) is 0 Å². The van der Waals surface area contributed by atoms with Crippen molar-refractivity contribution in [1.82, 2.24) is 10.2 Å². The molecule has 1 amide bonds. The number of likely N-dealkylation sites (N-methyl/N-ethyl adjacent to an activating group) is 1. The summed E-state index contributed by atoms with van der Waals surface area (Å²) in [5.41, 5.74) is 0. The summed E-state index contributed by atoms with van der Waals surface area (Å²) in [5.74, 6) is 0.0477. The van der Waals surface area contributed by atoms with E-state index in [0.29, 0.717) is 6.54 Å². The molecule has 0 saturated carbocycles. The van der Waals surface area contributed by atoms with Crippen LogP contribution in [0.1, 0.15) is 19.3 Å². The molecule has 0 radical (unpaired) electrons. The van der Waals surface area contributed by atoms with Gasteiger partial charge in [0.1, 0.15) is 6.10 Å². The maximum Gasteiger partial charge on any atom is 0.249 e. The van der Waals surface area contributed by atoms with Crippen molar-refractivity contribution in [2.75, 3.05) is 33.8 Å². The fourth-order valence-electron chi connectivity index (χ4n) is 1.46. The third-order valence-electron chi connectivity index (χ3n) is 2.33. The molecule has 0 spiro atoms. The summed E-state index contributed by atoms with van der Waals surface area (Å²) in [5, 5.41) is 2.88. The van der Waals surface area contributed by atoms with E-state index in [0.717, 1.165) is 32.4 Å². The third kappa shape index (κ3) is 4.07. The second-order valence-electron chi connectivity index (χ2n) is 3.95. The van der Waals surface area contributed by atoms with E-state index in [1.165, 1.54) is 0 Å². The molecule has 0 aromatic rings. The van der Waals surface area contributed by atoms with Crippen molar-refractivity contribution in [3.05, 3.63) is 0 Å². The average molecular weight is 200 g/mol. The van der Waals surface area contributed by atoms with Gasteiger partial charge in [-0.1, -0.05) is 0 Å². The summed E-state index contributed by atoms with van der Waals surface area (Å²) in [7, 11) is 3.98. The highest BCUT2D eigenvalue weighted by atomic mass is 16.5. The van der Waals surface area contributed by atoms with Crippen LogP contribution in [0, 0.1) is 0 Å². The number of rotatable bonds is 4. The molecule has 0 aromatic carbocycles. The molecule has 1 rings (SSSR count). The Morgan fingerprint density at radius 1 is 1.50 bits per heavy atom. The minimum atomic E-state index is -0.203. The highest BCUT2D eigenvalue weighted by molar-refractivity contribution is 5.80. The number of carbonyl (C=O) groups excluding carboxylic acids is 1. The van der Waals surface area contributed by atoms with Crippen LogP contribution < -0.4 is 5.32 Å². The molecule has 1 unspecified atom stereocenters. The van der Waals surface area contributed by atoms with Crippen LogP contribution in [-0.4, -0.2) is 50.7 Å². The van der Waals surface area contributed by atoms with Gasteiger partial charge in [0.05, 0.1) is 0 Å². The SMILES string of the molecule is CN(C)CCNC(=O)C1CCCCO1. The van der Waals surface area contributed by atoms with Crippen molar-refractivity contribution in [2.24, 2.45) is 0 Å². The van der Waals surface area contributed by atoms with Crippen molar-refractivity contribution < 1.29 is 9.53 Å². The second kappa shape index (κ2) is 5.98. The Bertz CT molecular complexity index is 177. The average Bonchev–Trinajstić information content (AvgIpc) is 2.18. The van der Waals surface area contributed by atoms with Gasteiger partial charge in [0.15, 0.2) is 0 Å². The molecule has 0 bridgehead atoms. The fraction of sp³-hybridized carbons (Fsp3) is 0.900. The van der Waals surface area contributed by atoms with E-state index in [9.17, 15) is 4.79 Å². The minimum Gasteiger partial charge on any atom is -0.368 e. The number of ether oxygens (including phenoxy) is 1. The lowest BCUT2D eigenvalue weighted by Crippen LogP contribution is -2.40. The van der Waals surface area contributed by atoms with Crippen LogP contribution in [0.25, 0.3) is 0 Å². The molecule has 1 fully saturated rings. The molecule has 4 heteroatoms. The Kier molecular flexibility index (Phi) is 4.90. The van der Waals surface area contributed by atoms with Crippen LogP contribution in [0.3, 0.4) is 0 Å². The van der Waals surface area contributed by atoms with Gasteiger partial charge in [-0.2, -0.15) is 0 Å². The van der Waals surface area contributed by atoms with Crippen molar-refractivity contribution in [3.8, 4) is 0 Å². The lowest BCUT2D eigenvalue weighted by molar-refractivity contribution is -0.135. The Labute approximate surface area is 85.6 Å². The Morgan fingerprint density at radius 2 is 2.29 bits per heavy atom. The monoisotopic (exact) mass is 200 g/mol. The van der Waals surface area contributed by atoms with Crippen LogP contribution in [0.15, 0.2) is 0 Å². The van der Waals surface area contributed by atoms with Gasteiger partial charge in [-0.15, -0.1) is 0 Å². The van der Waals surface area contributed by atoms with Crippen molar-refractivity contribution in [3.63, 3.8) is 0 Å². The van der Waals surface area contributed by atoms with Gasteiger partial charge in [0.2, 0.25) is 5.91 Å². The minimum absolute atomic E-state index is 0.0477. The molecule has 1 aliphatic heterocycles. The number of nitrogens with zero attached hydrogens (tertiary/aromatic N) is 1. The van der Waals surface area contributed by atoms with Gasteiger partial charge in [-0.3, -0.25) is 4.79 Å². The van der Waals surface area contributed by atoms with E-state index in [2.05, 4.69) is 5.32 Å². The fourth-order valence-corrected chi connectivity index (χ4v) is 1.46. The van der Waals surface area contributed by atoms with Crippen LogP contribution in [0.4, 0.5) is 0 Å². The van der Waals surface area contributed by atoms with E-state index in [1.807, 2.05) is 19.0 Å². The van der Waals surface area contributed by atoms with E-state index < -0.39 is 0 Å². The van der Waals surface area contributed by atoms with E-state index >= 15 is 0 Å². The molecule has 4 nitrogen and oxygen atoms in total. The lowest BCUT2D eigenvalue weighted by Gasteiger charge is -2.22. The molecule has 0 aliphatic carbocycles. The Balaban J connectivity index is 2.13. The van der Waals surface area contributed by atoms with Crippen molar-refractivity contribution in [1.29, 1.82) is 0 Å². The Morgan fingerprint density at radius 3 is 2.86 bits per heavy atom. The largest absolute Gasteiger partial charge is 0.368 e. The number of carbonyl (C=O) groups is 1. The molecule has 1 N–H and O–H groups in total. The first kappa shape index (κ1) is 11.5. The van der Waals surface area contributed by atoms with E-state index in [4.69, 9.17) is 4.74 Å². The van der Waals surface area contributed by atoms with Gasteiger partial charge in [0.25, 0.3) is 0 Å². The summed E-state index contributed by atoms with van der Waals surface area (Å²) in [6.07, 6.45) is 2.85. The Hall–Kier alpha value is -0.610. The van der Waals surface area contributed by atoms with Gasteiger partial charge in [-0.25, -0.2) is 0 Å². The molecular weight excluding hydrogens is 180 g/mol. The first-order valence-electron chi connectivity index (χ1n) is 5.24. The second-order valence-corrected chi connectivity index (χ2v) is 3.95. The summed E-state index contributed by atoms with van der Waals surface area (Å²) in [6, 6.07) is 0. The van der Waals surface area contributed by atoms with Crippen LogP contribution in [0.2, 0.25) is 0 Å². The number of amides is 1. The number of hydrogen-bond donors (Lipinski definition) is 1. The lowest BCUT2D eigenvalue weighted by atomic mass is 10.1. The zero-order valence-electron chi connectivity index (χ0n) is 9.08. The summed E-state index contributed by atoms with van der Waals surface area (Å²) in [6.45, 7) is 2.30. The topological polar surface area (TPSA) is 41.6 Å².